The first-order valence-corrected chi connectivity index (χ1v) is 7.19. The Labute approximate surface area is 111 Å². The Morgan fingerprint density at radius 1 is 1.17 bits per heavy atom. The molecular formula is C16H25NO. The summed E-state index contributed by atoms with van der Waals surface area (Å²) in [7, 11) is 0. The van der Waals surface area contributed by atoms with E-state index in [0.29, 0.717) is 5.92 Å². The second-order valence-corrected chi connectivity index (χ2v) is 5.65. The molecule has 100 valence electrons. The molecule has 1 atom stereocenters. The molecule has 0 bridgehead atoms. The van der Waals surface area contributed by atoms with Crippen molar-refractivity contribution >= 4 is 0 Å². The van der Waals surface area contributed by atoms with Crippen LogP contribution in [0.3, 0.4) is 0 Å². The topological polar surface area (TPSA) is 21.3 Å². The molecular weight excluding hydrogens is 222 g/mol. The van der Waals surface area contributed by atoms with Crippen LogP contribution < -0.4 is 10.1 Å². The summed E-state index contributed by atoms with van der Waals surface area (Å²) in [4.78, 5) is 0. The predicted molar refractivity (Wildman–Crippen MR) is 76.2 cm³/mol. The third kappa shape index (κ3) is 4.02. The highest BCUT2D eigenvalue weighted by Crippen LogP contribution is 2.27. The van der Waals surface area contributed by atoms with Crippen LogP contribution >= 0.6 is 0 Å². The smallest absolute Gasteiger partial charge is 0.119 e. The van der Waals surface area contributed by atoms with Gasteiger partial charge in [0.05, 0.1) is 6.61 Å². The molecule has 18 heavy (non-hydrogen) atoms. The summed E-state index contributed by atoms with van der Waals surface area (Å²) in [5, 5.41) is 3.47. The van der Waals surface area contributed by atoms with Gasteiger partial charge in [0, 0.05) is 0 Å². The Kier molecular flexibility index (Phi) is 5.06. The number of ether oxygens (including phenoxy) is 1. The maximum absolute atomic E-state index is 5.72. The van der Waals surface area contributed by atoms with Crippen molar-refractivity contribution in [3.05, 3.63) is 29.8 Å². The number of hydrogen-bond donors (Lipinski definition) is 1. The average Bonchev–Trinajstić information content (AvgIpc) is 2.66. The molecule has 0 radical (unpaired) electrons. The van der Waals surface area contributed by atoms with Crippen LogP contribution in [0.1, 0.15) is 44.6 Å². The number of benzene rings is 1. The van der Waals surface area contributed by atoms with Gasteiger partial charge < -0.3 is 10.1 Å². The van der Waals surface area contributed by atoms with Gasteiger partial charge in [0.2, 0.25) is 0 Å². The standard InChI is InChI=1S/C16H25NO/c1-13(2)12-18-16-7-5-15(6-8-16)14-4-3-10-17-11-9-14/h5-8,13-14,17H,3-4,9-12H2,1-2H3. The molecule has 1 saturated heterocycles. The maximum atomic E-state index is 5.72. The van der Waals surface area contributed by atoms with Crippen LogP contribution in [0.2, 0.25) is 0 Å². The summed E-state index contributed by atoms with van der Waals surface area (Å²) in [6.07, 6.45) is 3.85. The van der Waals surface area contributed by atoms with Crippen molar-refractivity contribution in [1.29, 1.82) is 0 Å². The van der Waals surface area contributed by atoms with Crippen LogP contribution in [0.4, 0.5) is 0 Å². The Hall–Kier alpha value is -1.02. The molecule has 1 N–H and O–H groups in total. The van der Waals surface area contributed by atoms with Crippen molar-refractivity contribution in [3.63, 3.8) is 0 Å². The molecule has 2 heteroatoms. The Bertz CT molecular complexity index is 337. The third-order valence-electron chi connectivity index (χ3n) is 3.51. The monoisotopic (exact) mass is 247 g/mol. The van der Waals surface area contributed by atoms with Gasteiger partial charge in [-0.05, 0) is 61.9 Å². The van der Waals surface area contributed by atoms with E-state index in [1.165, 1.54) is 31.4 Å². The quantitative estimate of drug-likeness (QED) is 0.878. The molecule has 0 spiro atoms. The van der Waals surface area contributed by atoms with E-state index in [9.17, 15) is 0 Å². The van der Waals surface area contributed by atoms with Crippen LogP contribution in [-0.4, -0.2) is 19.7 Å². The average molecular weight is 247 g/mol. The first-order chi connectivity index (χ1) is 8.75. The highest BCUT2D eigenvalue weighted by atomic mass is 16.5. The van der Waals surface area contributed by atoms with E-state index in [1.807, 2.05) is 0 Å². The van der Waals surface area contributed by atoms with Crippen molar-refractivity contribution in [2.45, 2.75) is 39.0 Å². The van der Waals surface area contributed by atoms with Gasteiger partial charge in [-0.3, -0.25) is 0 Å². The molecule has 2 nitrogen and oxygen atoms in total. The molecule has 0 aliphatic carbocycles. The van der Waals surface area contributed by atoms with Gasteiger partial charge in [-0.2, -0.15) is 0 Å². The minimum absolute atomic E-state index is 0.581. The van der Waals surface area contributed by atoms with Crippen molar-refractivity contribution in [2.24, 2.45) is 5.92 Å². The molecule has 1 aliphatic heterocycles. The zero-order chi connectivity index (χ0) is 12.8. The Morgan fingerprint density at radius 2 is 1.94 bits per heavy atom. The van der Waals surface area contributed by atoms with E-state index in [1.54, 1.807) is 0 Å². The van der Waals surface area contributed by atoms with Gasteiger partial charge in [0.15, 0.2) is 0 Å². The molecule has 0 saturated carbocycles. The molecule has 1 aromatic carbocycles. The van der Waals surface area contributed by atoms with Gasteiger partial charge in [0.1, 0.15) is 5.75 Å². The van der Waals surface area contributed by atoms with Crippen LogP contribution in [-0.2, 0) is 0 Å². The highest BCUT2D eigenvalue weighted by Gasteiger charge is 2.13. The summed E-state index contributed by atoms with van der Waals surface area (Å²) >= 11 is 0. The second-order valence-electron chi connectivity index (χ2n) is 5.65. The molecule has 1 unspecified atom stereocenters. The van der Waals surface area contributed by atoms with Gasteiger partial charge in [-0.15, -0.1) is 0 Å². The third-order valence-corrected chi connectivity index (χ3v) is 3.51. The molecule has 1 aliphatic rings. The number of hydrogen-bond acceptors (Lipinski definition) is 2. The highest BCUT2D eigenvalue weighted by molar-refractivity contribution is 5.29. The molecule has 1 heterocycles. The molecule has 0 amide bonds. The lowest BCUT2D eigenvalue weighted by Gasteiger charge is -2.15. The van der Waals surface area contributed by atoms with Gasteiger partial charge in [-0.1, -0.05) is 26.0 Å². The van der Waals surface area contributed by atoms with Crippen LogP contribution in [0, 0.1) is 5.92 Å². The summed E-state index contributed by atoms with van der Waals surface area (Å²) < 4.78 is 5.72. The first kappa shape index (κ1) is 13.4. The zero-order valence-electron chi connectivity index (χ0n) is 11.6. The minimum atomic E-state index is 0.581. The zero-order valence-corrected chi connectivity index (χ0v) is 11.6. The van der Waals surface area contributed by atoms with Crippen molar-refractivity contribution in [1.82, 2.24) is 5.32 Å². The molecule has 1 aromatic rings. The van der Waals surface area contributed by atoms with E-state index in [0.717, 1.165) is 24.8 Å². The summed E-state index contributed by atoms with van der Waals surface area (Å²) in [6.45, 7) is 7.47. The lowest BCUT2D eigenvalue weighted by molar-refractivity contribution is 0.271. The van der Waals surface area contributed by atoms with Gasteiger partial charge in [-0.25, -0.2) is 0 Å². The van der Waals surface area contributed by atoms with Crippen LogP contribution in [0.5, 0.6) is 5.75 Å². The molecule has 0 aromatic heterocycles. The van der Waals surface area contributed by atoms with Gasteiger partial charge >= 0.3 is 0 Å². The summed E-state index contributed by atoms with van der Waals surface area (Å²) in [6, 6.07) is 8.73. The molecule has 1 fully saturated rings. The predicted octanol–water partition coefficient (Wildman–Crippen LogP) is 3.58. The fourth-order valence-electron chi connectivity index (χ4n) is 2.45. The lowest BCUT2D eigenvalue weighted by Crippen LogP contribution is -2.13. The Balaban J connectivity index is 1.93. The van der Waals surface area contributed by atoms with Crippen molar-refractivity contribution in [2.75, 3.05) is 19.7 Å². The SMILES string of the molecule is CC(C)COc1ccc(C2CCCNCC2)cc1. The fraction of sp³-hybridized carbons (Fsp3) is 0.625. The van der Waals surface area contributed by atoms with Crippen molar-refractivity contribution in [3.8, 4) is 5.75 Å². The first-order valence-electron chi connectivity index (χ1n) is 7.19. The fourth-order valence-corrected chi connectivity index (χ4v) is 2.45. The van der Waals surface area contributed by atoms with Crippen LogP contribution in [0.25, 0.3) is 0 Å². The second kappa shape index (κ2) is 6.79. The minimum Gasteiger partial charge on any atom is -0.493 e. The maximum Gasteiger partial charge on any atom is 0.119 e. The van der Waals surface area contributed by atoms with E-state index >= 15 is 0 Å². The van der Waals surface area contributed by atoms with E-state index in [-0.39, 0.29) is 0 Å². The Morgan fingerprint density at radius 3 is 2.67 bits per heavy atom. The lowest BCUT2D eigenvalue weighted by atomic mass is 9.92. The van der Waals surface area contributed by atoms with Gasteiger partial charge in [0.25, 0.3) is 0 Å². The van der Waals surface area contributed by atoms with Crippen molar-refractivity contribution < 1.29 is 4.74 Å². The molecule has 2 rings (SSSR count). The summed E-state index contributed by atoms with van der Waals surface area (Å²) in [5.74, 6) is 2.30. The van der Waals surface area contributed by atoms with E-state index < -0.39 is 0 Å². The largest absolute Gasteiger partial charge is 0.493 e. The van der Waals surface area contributed by atoms with E-state index in [4.69, 9.17) is 4.74 Å². The number of nitrogens with one attached hydrogen (secondary N) is 1. The summed E-state index contributed by atoms with van der Waals surface area (Å²) in [5.41, 5.74) is 1.47. The normalized spacial score (nSPS) is 20.7. The number of rotatable bonds is 4. The van der Waals surface area contributed by atoms with E-state index in [2.05, 4.69) is 43.4 Å². The van der Waals surface area contributed by atoms with Crippen LogP contribution in [0.15, 0.2) is 24.3 Å².